The molecule has 0 bridgehead atoms. The highest BCUT2D eigenvalue weighted by Crippen LogP contribution is 2.31. The molecule has 3 heteroatoms. The lowest BCUT2D eigenvalue weighted by atomic mass is 9.95. The molecular weight excluding hydrogens is 284 g/mol. The van der Waals surface area contributed by atoms with E-state index in [1.165, 1.54) is 5.56 Å². The molecule has 0 aliphatic carbocycles. The first-order chi connectivity index (χ1) is 11.2. The summed E-state index contributed by atoms with van der Waals surface area (Å²) in [5.41, 5.74) is 5.07. The van der Waals surface area contributed by atoms with Crippen molar-refractivity contribution in [2.75, 3.05) is 13.1 Å². The van der Waals surface area contributed by atoms with Gasteiger partial charge >= 0.3 is 0 Å². The Hall–Kier alpha value is -2.55. The molecule has 0 saturated heterocycles. The van der Waals surface area contributed by atoms with Gasteiger partial charge in [-0.05, 0) is 44.0 Å². The van der Waals surface area contributed by atoms with Crippen LogP contribution in [0.25, 0.3) is 22.0 Å². The van der Waals surface area contributed by atoms with Crippen molar-refractivity contribution in [2.45, 2.75) is 20.8 Å². The number of carbonyl (C=O) groups is 1. The highest BCUT2D eigenvalue weighted by Gasteiger charge is 2.20. The van der Waals surface area contributed by atoms with Crippen LogP contribution in [0.1, 0.15) is 29.8 Å². The van der Waals surface area contributed by atoms with Gasteiger partial charge in [-0.15, -0.1) is 0 Å². The van der Waals surface area contributed by atoms with Crippen molar-refractivity contribution in [3.63, 3.8) is 0 Å². The molecule has 0 unspecified atom stereocenters. The van der Waals surface area contributed by atoms with E-state index in [0.29, 0.717) is 13.1 Å². The highest BCUT2D eigenvalue weighted by molar-refractivity contribution is 6.11. The fourth-order valence-electron chi connectivity index (χ4n) is 3.01. The van der Waals surface area contributed by atoms with Gasteiger partial charge in [-0.25, -0.2) is 0 Å². The molecule has 1 heterocycles. The second kappa shape index (κ2) is 6.29. The summed E-state index contributed by atoms with van der Waals surface area (Å²) in [5, 5.41) is 0.986. The third-order valence-electron chi connectivity index (χ3n) is 4.36. The largest absolute Gasteiger partial charge is 0.361 e. The van der Waals surface area contributed by atoms with Gasteiger partial charge in [0.2, 0.25) is 0 Å². The molecule has 23 heavy (non-hydrogen) atoms. The van der Waals surface area contributed by atoms with Crippen LogP contribution in [0.2, 0.25) is 0 Å². The van der Waals surface area contributed by atoms with E-state index in [1.54, 1.807) is 0 Å². The lowest BCUT2D eigenvalue weighted by molar-refractivity contribution is 0.0775. The van der Waals surface area contributed by atoms with Gasteiger partial charge < -0.3 is 9.88 Å². The fraction of sp³-hybridized carbons (Fsp3) is 0.250. The van der Waals surface area contributed by atoms with Gasteiger partial charge in [-0.1, -0.05) is 35.9 Å². The molecule has 3 nitrogen and oxygen atoms in total. The molecule has 2 aromatic carbocycles. The summed E-state index contributed by atoms with van der Waals surface area (Å²) in [4.78, 5) is 18.2. The maximum Gasteiger partial charge on any atom is 0.255 e. The zero-order valence-electron chi connectivity index (χ0n) is 13.9. The maximum atomic E-state index is 13.1. The van der Waals surface area contributed by atoms with Crippen LogP contribution < -0.4 is 0 Å². The lowest BCUT2D eigenvalue weighted by Gasteiger charge is -2.21. The number of aromatic amines is 1. The van der Waals surface area contributed by atoms with Crippen LogP contribution in [0.5, 0.6) is 0 Å². The molecule has 0 fully saturated rings. The molecule has 118 valence electrons. The first-order valence-electron chi connectivity index (χ1n) is 8.12. The summed E-state index contributed by atoms with van der Waals surface area (Å²) in [6, 6.07) is 14.4. The van der Waals surface area contributed by atoms with Gasteiger partial charge in [0.25, 0.3) is 5.91 Å². The topological polar surface area (TPSA) is 36.1 Å². The van der Waals surface area contributed by atoms with Gasteiger partial charge in [0, 0.05) is 30.2 Å². The monoisotopic (exact) mass is 306 g/mol. The Morgan fingerprint density at radius 3 is 2.35 bits per heavy atom. The first-order valence-corrected chi connectivity index (χ1v) is 8.12. The van der Waals surface area contributed by atoms with Gasteiger partial charge in [0.15, 0.2) is 0 Å². The Morgan fingerprint density at radius 1 is 1.00 bits per heavy atom. The molecule has 1 aromatic heterocycles. The third-order valence-corrected chi connectivity index (χ3v) is 4.36. The molecular formula is C20H22N2O. The van der Waals surface area contributed by atoms with Crippen LogP contribution in [0.4, 0.5) is 0 Å². The summed E-state index contributed by atoms with van der Waals surface area (Å²) >= 11 is 0. The van der Waals surface area contributed by atoms with Gasteiger partial charge in [0.05, 0.1) is 5.56 Å². The summed E-state index contributed by atoms with van der Waals surface area (Å²) in [5.74, 6) is 0.0933. The Balaban J connectivity index is 2.23. The van der Waals surface area contributed by atoms with Crippen molar-refractivity contribution in [1.82, 2.24) is 9.88 Å². The summed E-state index contributed by atoms with van der Waals surface area (Å²) in [6.07, 6.45) is 1.89. The Bertz CT molecular complexity index is 826. The normalized spacial score (nSPS) is 10.9. The SMILES string of the molecule is CCN(CC)C(=O)c1c(-c2ccc(C)cc2)ccc2[nH]ccc12. The van der Waals surface area contributed by atoms with E-state index in [1.807, 2.05) is 43.1 Å². The van der Waals surface area contributed by atoms with Crippen LogP contribution >= 0.6 is 0 Å². The fourth-order valence-corrected chi connectivity index (χ4v) is 3.01. The van der Waals surface area contributed by atoms with Crippen molar-refractivity contribution in [1.29, 1.82) is 0 Å². The van der Waals surface area contributed by atoms with E-state index in [0.717, 1.165) is 27.6 Å². The third kappa shape index (κ3) is 2.74. The maximum absolute atomic E-state index is 13.1. The van der Waals surface area contributed by atoms with E-state index >= 15 is 0 Å². The molecule has 0 spiro atoms. The molecule has 0 aliphatic heterocycles. The van der Waals surface area contributed by atoms with E-state index < -0.39 is 0 Å². The predicted octanol–water partition coefficient (Wildman–Crippen LogP) is 4.63. The molecule has 0 atom stereocenters. The molecule has 0 radical (unpaired) electrons. The Labute approximate surface area is 136 Å². The standard InChI is InChI=1S/C20H22N2O/c1-4-22(5-2)20(23)19-16(15-8-6-14(3)7-9-15)10-11-18-17(19)12-13-21-18/h6-13,21H,4-5H2,1-3H3. The Kier molecular flexibility index (Phi) is 4.20. The van der Waals surface area contributed by atoms with E-state index in [9.17, 15) is 4.79 Å². The Morgan fingerprint density at radius 2 is 1.70 bits per heavy atom. The number of aryl methyl sites for hydroxylation is 1. The number of nitrogens with one attached hydrogen (secondary N) is 1. The zero-order chi connectivity index (χ0) is 16.4. The highest BCUT2D eigenvalue weighted by atomic mass is 16.2. The number of rotatable bonds is 4. The predicted molar refractivity (Wildman–Crippen MR) is 95.7 cm³/mol. The minimum Gasteiger partial charge on any atom is -0.361 e. The summed E-state index contributed by atoms with van der Waals surface area (Å²) < 4.78 is 0. The summed E-state index contributed by atoms with van der Waals surface area (Å²) in [6.45, 7) is 7.53. The van der Waals surface area contributed by atoms with E-state index in [-0.39, 0.29) is 5.91 Å². The smallest absolute Gasteiger partial charge is 0.255 e. The van der Waals surface area contributed by atoms with Crippen LogP contribution in [-0.4, -0.2) is 28.9 Å². The number of amides is 1. The number of hydrogen-bond acceptors (Lipinski definition) is 1. The molecule has 0 aliphatic rings. The van der Waals surface area contributed by atoms with Crippen LogP contribution in [-0.2, 0) is 0 Å². The second-order valence-corrected chi connectivity index (χ2v) is 5.77. The van der Waals surface area contributed by atoms with Crippen LogP contribution in [0.15, 0.2) is 48.7 Å². The number of aromatic nitrogens is 1. The van der Waals surface area contributed by atoms with E-state index in [4.69, 9.17) is 0 Å². The van der Waals surface area contributed by atoms with Crippen molar-refractivity contribution < 1.29 is 4.79 Å². The average Bonchev–Trinajstić information content (AvgIpc) is 3.04. The summed E-state index contributed by atoms with van der Waals surface area (Å²) in [7, 11) is 0. The number of benzene rings is 2. The minimum absolute atomic E-state index is 0.0933. The van der Waals surface area contributed by atoms with Crippen LogP contribution in [0, 0.1) is 6.92 Å². The average molecular weight is 306 g/mol. The minimum atomic E-state index is 0.0933. The molecule has 1 N–H and O–H groups in total. The molecule has 1 amide bonds. The van der Waals surface area contributed by atoms with Crippen molar-refractivity contribution in [2.24, 2.45) is 0 Å². The first kappa shape index (κ1) is 15.3. The van der Waals surface area contributed by atoms with Crippen molar-refractivity contribution >= 4 is 16.8 Å². The van der Waals surface area contributed by atoms with Crippen molar-refractivity contribution in [3.8, 4) is 11.1 Å². The number of fused-ring (bicyclic) bond motifs is 1. The van der Waals surface area contributed by atoms with Gasteiger partial charge in [-0.2, -0.15) is 0 Å². The molecule has 3 aromatic rings. The number of H-pyrrole nitrogens is 1. The second-order valence-electron chi connectivity index (χ2n) is 5.77. The lowest BCUT2D eigenvalue weighted by Crippen LogP contribution is -2.31. The number of nitrogens with zero attached hydrogens (tertiary/aromatic N) is 1. The number of hydrogen-bond donors (Lipinski definition) is 1. The number of carbonyl (C=O) groups excluding carboxylic acids is 1. The molecule has 3 rings (SSSR count). The quantitative estimate of drug-likeness (QED) is 0.750. The zero-order valence-corrected chi connectivity index (χ0v) is 13.9. The van der Waals surface area contributed by atoms with E-state index in [2.05, 4.69) is 36.2 Å². The van der Waals surface area contributed by atoms with Gasteiger partial charge in [-0.3, -0.25) is 4.79 Å². The molecule has 0 saturated carbocycles. The van der Waals surface area contributed by atoms with Crippen molar-refractivity contribution in [3.05, 3.63) is 59.8 Å². The van der Waals surface area contributed by atoms with Gasteiger partial charge in [0.1, 0.15) is 0 Å². The van der Waals surface area contributed by atoms with Crippen LogP contribution in [0.3, 0.4) is 0 Å².